The van der Waals surface area contributed by atoms with Crippen LogP contribution in [-0.2, 0) is 33.2 Å². The van der Waals surface area contributed by atoms with Crippen LogP contribution in [0.15, 0.2) is 11.6 Å². The highest BCUT2D eigenvalue weighted by Gasteiger charge is 2.70. The molecule has 3 aliphatic heterocycles. The zero-order valence-electron chi connectivity index (χ0n) is 38.3. The second-order valence-corrected chi connectivity index (χ2v) is 22.4. The van der Waals surface area contributed by atoms with Crippen LogP contribution in [-0.4, -0.2) is 157 Å². The van der Waals surface area contributed by atoms with E-state index < -0.39 is 104 Å². The van der Waals surface area contributed by atoms with E-state index in [1.807, 2.05) is 0 Å². The van der Waals surface area contributed by atoms with E-state index in [0.717, 1.165) is 38.5 Å². The molecule has 9 N–H and O–H groups in total. The van der Waals surface area contributed by atoms with Gasteiger partial charge in [-0.05, 0) is 116 Å². The molecule has 360 valence electrons. The van der Waals surface area contributed by atoms with Gasteiger partial charge < -0.3 is 74.4 Å². The normalized spacial score (nSPS) is 55.6. The Labute approximate surface area is 371 Å². The Kier molecular flexibility index (Phi) is 13.0. The SMILES string of the molecule is CC1CCC2(C(=O)OC3OC(CO)C(O)C(O)C3O)CCC3(C)C(=CCC4C5(C)CCC(OC6OCC(O)C(O)C6OC6OC(C)C(O)C(O)C6O)C(C)(C)C5CCC43C)C2C1C. The second kappa shape index (κ2) is 17.0. The van der Waals surface area contributed by atoms with E-state index in [-0.39, 0.29) is 52.1 Å². The maximum Gasteiger partial charge on any atom is 0.315 e. The predicted molar refractivity (Wildman–Crippen MR) is 223 cm³/mol. The van der Waals surface area contributed by atoms with Gasteiger partial charge in [-0.25, -0.2) is 0 Å². The standard InChI is InChI=1S/C47H76O16/c1-21-11-16-47(42(57)63-40-37(56)35(54)33(52)26(19-48)60-40)18-17-45(7)24(30(47)22(21)2)9-10-28-44(6)14-13-29(43(4,5)27(44)12-15-46(28,45)8)61-41-38(32(51)25(49)20-58-41)62-39-36(55)34(53)31(50)23(3)59-39/h9,21-23,25-41,48-56H,10-20H2,1-8H3. The molecule has 0 bridgehead atoms. The number of carbonyl (C=O) groups is 1. The summed E-state index contributed by atoms with van der Waals surface area (Å²) in [5.41, 5.74) is -0.343. The van der Waals surface area contributed by atoms with Crippen LogP contribution in [0.3, 0.4) is 0 Å². The summed E-state index contributed by atoms with van der Waals surface area (Å²) >= 11 is 0. The van der Waals surface area contributed by atoms with E-state index in [9.17, 15) is 50.8 Å². The molecule has 24 atom stereocenters. The zero-order chi connectivity index (χ0) is 45.9. The molecule has 0 aromatic heterocycles. The first-order chi connectivity index (χ1) is 29.5. The molecule has 8 aliphatic rings. The molecule has 16 nitrogen and oxygen atoms in total. The lowest BCUT2D eigenvalue weighted by atomic mass is 9.33. The summed E-state index contributed by atoms with van der Waals surface area (Å²) < 4.78 is 36.3. The lowest BCUT2D eigenvalue weighted by Gasteiger charge is -2.71. The Balaban J connectivity index is 1.04. The molecular weight excluding hydrogens is 821 g/mol. The first kappa shape index (κ1) is 48.1. The Morgan fingerprint density at radius 2 is 1.40 bits per heavy atom. The van der Waals surface area contributed by atoms with Crippen LogP contribution in [0.4, 0.5) is 0 Å². The van der Waals surface area contributed by atoms with Crippen LogP contribution in [0, 0.1) is 56.7 Å². The van der Waals surface area contributed by atoms with Crippen molar-refractivity contribution < 1.29 is 79.2 Å². The Hall–Kier alpha value is -1.35. The lowest BCUT2D eigenvalue weighted by Crippen LogP contribution is -2.66. The maximum absolute atomic E-state index is 14.7. The smallest absolute Gasteiger partial charge is 0.315 e. The van der Waals surface area contributed by atoms with Gasteiger partial charge in [0, 0.05) is 0 Å². The van der Waals surface area contributed by atoms with Gasteiger partial charge in [0.1, 0.15) is 61.0 Å². The molecule has 0 aromatic carbocycles. The van der Waals surface area contributed by atoms with E-state index in [1.54, 1.807) is 6.92 Å². The summed E-state index contributed by atoms with van der Waals surface area (Å²) in [7, 11) is 0. The number of esters is 1. The predicted octanol–water partition coefficient (Wildman–Crippen LogP) is 1.66. The topological polar surface area (TPSA) is 255 Å². The first-order valence-corrected chi connectivity index (χ1v) is 23.7. The van der Waals surface area contributed by atoms with Crippen molar-refractivity contribution in [1.29, 1.82) is 0 Å². The molecule has 8 rings (SSSR count). The number of aliphatic hydroxyl groups excluding tert-OH is 9. The molecule has 4 saturated carbocycles. The molecule has 63 heavy (non-hydrogen) atoms. The fraction of sp³-hybridized carbons (Fsp3) is 0.936. The quantitative estimate of drug-likeness (QED) is 0.100. The minimum absolute atomic E-state index is 0.0877. The number of aliphatic hydroxyl groups is 9. The average molecular weight is 897 g/mol. The number of hydrogen-bond acceptors (Lipinski definition) is 16. The third-order valence-corrected chi connectivity index (χ3v) is 19.2. The number of allylic oxidation sites excluding steroid dienone is 2. The van der Waals surface area contributed by atoms with Crippen LogP contribution in [0.2, 0.25) is 0 Å². The molecular formula is C47H76O16. The monoisotopic (exact) mass is 897 g/mol. The summed E-state index contributed by atoms with van der Waals surface area (Å²) in [6.45, 7) is 17.1. The number of ether oxygens (including phenoxy) is 6. The van der Waals surface area contributed by atoms with E-state index in [4.69, 9.17) is 28.4 Å². The van der Waals surface area contributed by atoms with Crippen LogP contribution in [0.5, 0.6) is 0 Å². The van der Waals surface area contributed by atoms with E-state index in [0.29, 0.717) is 31.1 Å². The lowest BCUT2D eigenvalue weighted by molar-refractivity contribution is -0.364. The van der Waals surface area contributed by atoms with Crippen molar-refractivity contribution in [2.45, 2.75) is 205 Å². The van der Waals surface area contributed by atoms with Crippen LogP contribution in [0.25, 0.3) is 0 Å². The van der Waals surface area contributed by atoms with Crippen LogP contribution in [0.1, 0.15) is 113 Å². The van der Waals surface area contributed by atoms with Crippen molar-refractivity contribution >= 4 is 5.97 Å². The molecule has 0 spiro atoms. The maximum atomic E-state index is 14.7. The molecule has 0 radical (unpaired) electrons. The summed E-state index contributed by atoms with van der Waals surface area (Å²) in [4.78, 5) is 14.7. The van der Waals surface area contributed by atoms with E-state index in [2.05, 4.69) is 54.5 Å². The summed E-state index contributed by atoms with van der Waals surface area (Å²) in [6, 6.07) is 0. The Bertz CT molecular complexity index is 1710. The number of hydrogen-bond donors (Lipinski definition) is 9. The van der Waals surface area contributed by atoms with Crippen LogP contribution < -0.4 is 0 Å². The fourth-order valence-electron chi connectivity index (χ4n) is 14.9. The van der Waals surface area contributed by atoms with Crippen molar-refractivity contribution in [2.24, 2.45) is 56.7 Å². The van der Waals surface area contributed by atoms with Gasteiger partial charge in [0.15, 0.2) is 12.6 Å². The van der Waals surface area contributed by atoms with Gasteiger partial charge in [-0.2, -0.15) is 0 Å². The van der Waals surface area contributed by atoms with E-state index in [1.165, 1.54) is 5.57 Å². The fourth-order valence-corrected chi connectivity index (χ4v) is 14.9. The number of rotatable bonds is 7. The second-order valence-electron chi connectivity index (χ2n) is 22.4. The number of carbonyl (C=O) groups excluding carboxylic acids is 1. The first-order valence-electron chi connectivity index (χ1n) is 23.7. The Morgan fingerprint density at radius 3 is 2.10 bits per heavy atom. The molecule has 5 aliphatic carbocycles. The van der Waals surface area contributed by atoms with Gasteiger partial charge in [0.25, 0.3) is 0 Å². The zero-order valence-corrected chi connectivity index (χ0v) is 38.3. The highest BCUT2D eigenvalue weighted by molar-refractivity contribution is 5.79. The third kappa shape index (κ3) is 7.33. The summed E-state index contributed by atoms with van der Waals surface area (Å²) in [5, 5.41) is 94.8. The highest BCUT2D eigenvalue weighted by Crippen LogP contribution is 2.76. The Morgan fingerprint density at radius 1 is 0.714 bits per heavy atom. The minimum atomic E-state index is -1.67. The summed E-state index contributed by atoms with van der Waals surface area (Å²) in [6.07, 6.45) is -10.2. The van der Waals surface area contributed by atoms with Crippen LogP contribution >= 0.6 is 0 Å². The molecule has 0 aromatic rings. The van der Waals surface area contributed by atoms with Gasteiger partial charge in [-0.3, -0.25) is 4.79 Å². The van der Waals surface area contributed by atoms with Gasteiger partial charge >= 0.3 is 5.97 Å². The molecule has 3 heterocycles. The van der Waals surface area contributed by atoms with Crippen molar-refractivity contribution in [2.75, 3.05) is 13.2 Å². The van der Waals surface area contributed by atoms with Gasteiger partial charge in [0.2, 0.25) is 6.29 Å². The molecule has 7 fully saturated rings. The van der Waals surface area contributed by atoms with Gasteiger partial charge in [-0.1, -0.05) is 60.1 Å². The highest BCUT2D eigenvalue weighted by atomic mass is 16.8. The molecule has 0 amide bonds. The van der Waals surface area contributed by atoms with Crippen molar-refractivity contribution in [3.05, 3.63) is 11.6 Å². The average Bonchev–Trinajstić information content (AvgIpc) is 3.24. The molecule has 3 saturated heterocycles. The largest absolute Gasteiger partial charge is 0.432 e. The molecule has 24 unspecified atom stereocenters. The van der Waals surface area contributed by atoms with Gasteiger partial charge in [-0.15, -0.1) is 0 Å². The van der Waals surface area contributed by atoms with E-state index >= 15 is 0 Å². The number of fused-ring (bicyclic) bond motifs is 7. The van der Waals surface area contributed by atoms with Gasteiger partial charge in [0.05, 0.1) is 30.8 Å². The molecule has 16 heteroatoms. The van der Waals surface area contributed by atoms with Crippen molar-refractivity contribution in [3.63, 3.8) is 0 Å². The minimum Gasteiger partial charge on any atom is -0.432 e. The third-order valence-electron chi connectivity index (χ3n) is 19.2. The summed E-state index contributed by atoms with van der Waals surface area (Å²) in [5.74, 6) is 0.490. The van der Waals surface area contributed by atoms with Crippen molar-refractivity contribution in [3.8, 4) is 0 Å². The van der Waals surface area contributed by atoms with Crippen molar-refractivity contribution in [1.82, 2.24) is 0 Å².